The molecule has 2 amide bonds. The molecule has 0 aliphatic carbocycles. The molecule has 0 aromatic heterocycles. The largest absolute Gasteiger partial charge is 0.493 e. The molecule has 26 heavy (non-hydrogen) atoms. The van der Waals surface area contributed by atoms with E-state index < -0.39 is 0 Å². The van der Waals surface area contributed by atoms with Gasteiger partial charge in [0.2, 0.25) is 5.91 Å². The molecular formula is C21H22N2O3. The second-order valence-corrected chi connectivity index (χ2v) is 6.82. The molecule has 1 atom stereocenters. The van der Waals surface area contributed by atoms with Crippen molar-refractivity contribution in [3.8, 4) is 5.75 Å². The average molecular weight is 350 g/mol. The first-order chi connectivity index (χ1) is 12.7. The van der Waals surface area contributed by atoms with Crippen molar-refractivity contribution in [1.82, 2.24) is 10.2 Å². The number of nitrogens with one attached hydrogen (secondary N) is 1. The molecule has 0 radical (unpaired) electrons. The van der Waals surface area contributed by atoms with Gasteiger partial charge < -0.3 is 15.0 Å². The van der Waals surface area contributed by atoms with Crippen LogP contribution in [0.5, 0.6) is 5.75 Å². The van der Waals surface area contributed by atoms with E-state index in [-0.39, 0.29) is 17.9 Å². The lowest BCUT2D eigenvalue weighted by molar-refractivity contribution is -0.128. The Bertz CT molecular complexity index is 834. The van der Waals surface area contributed by atoms with Crippen LogP contribution in [0.1, 0.15) is 46.8 Å². The zero-order valence-electron chi connectivity index (χ0n) is 14.6. The summed E-state index contributed by atoms with van der Waals surface area (Å²) in [6, 6.07) is 15.3. The van der Waals surface area contributed by atoms with Crippen LogP contribution in [0.15, 0.2) is 48.5 Å². The van der Waals surface area contributed by atoms with Crippen molar-refractivity contribution in [2.45, 2.75) is 31.8 Å². The molecule has 5 nitrogen and oxygen atoms in total. The molecule has 4 rings (SSSR count). The van der Waals surface area contributed by atoms with E-state index in [2.05, 4.69) is 5.32 Å². The fourth-order valence-corrected chi connectivity index (χ4v) is 3.64. The van der Waals surface area contributed by atoms with Crippen LogP contribution in [0.25, 0.3) is 0 Å². The van der Waals surface area contributed by atoms with E-state index in [1.165, 1.54) is 0 Å². The first-order valence-electron chi connectivity index (χ1n) is 9.10. The summed E-state index contributed by atoms with van der Waals surface area (Å²) in [5.74, 6) is 0.935. The van der Waals surface area contributed by atoms with E-state index in [4.69, 9.17) is 4.74 Å². The van der Waals surface area contributed by atoms with Crippen molar-refractivity contribution in [3.05, 3.63) is 65.2 Å². The van der Waals surface area contributed by atoms with E-state index >= 15 is 0 Å². The zero-order chi connectivity index (χ0) is 17.9. The molecule has 2 aliphatic heterocycles. The summed E-state index contributed by atoms with van der Waals surface area (Å²) in [6.45, 7) is 1.97. The molecular weight excluding hydrogens is 328 g/mol. The lowest BCUT2D eigenvalue weighted by Gasteiger charge is -2.26. The van der Waals surface area contributed by atoms with E-state index in [0.29, 0.717) is 25.1 Å². The topological polar surface area (TPSA) is 58.6 Å². The van der Waals surface area contributed by atoms with E-state index in [1.54, 1.807) is 0 Å². The molecule has 2 aromatic rings. The molecule has 0 spiro atoms. The highest BCUT2D eigenvalue weighted by Crippen LogP contribution is 2.31. The van der Waals surface area contributed by atoms with Gasteiger partial charge in [-0.15, -0.1) is 0 Å². The van der Waals surface area contributed by atoms with Gasteiger partial charge in [-0.25, -0.2) is 0 Å². The second-order valence-electron chi connectivity index (χ2n) is 6.82. The predicted molar refractivity (Wildman–Crippen MR) is 97.9 cm³/mol. The molecule has 2 heterocycles. The number of rotatable bonds is 4. The fraction of sp³-hybridized carbons (Fsp3) is 0.333. The maximum atomic E-state index is 12.7. The summed E-state index contributed by atoms with van der Waals surface area (Å²) >= 11 is 0. The number of carbonyl (C=O) groups excluding carboxylic acids is 2. The Labute approximate surface area is 153 Å². The van der Waals surface area contributed by atoms with Gasteiger partial charge in [0.25, 0.3) is 5.91 Å². The Hall–Kier alpha value is -2.82. The molecule has 2 aliphatic rings. The fourth-order valence-electron chi connectivity index (χ4n) is 3.64. The standard InChI is InChI=1S/C21H22N2O3/c24-20-9-4-11-23(20)14-15-5-3-6-16(13-15)21(25)22-18-10-12-26-19-8-2-1-7-17(18)19/h1-3,5-8,13,18H,4,9-12,14H2,(H,22,25)/t18-/m1/s1. The molecule has 2 aromatic carbocycles. The minimum absolute atomic E-state index is 0.0451. The van der Waals surface area contributed by atoms with Crippen molar-refractivity contribution in [2.24, 2.45) is 0 Å². The van der Waals surface area contributed by atoms with Crippen molar-refractivity contribution >= 4 is 11.8 Å². The molecule has 1 fully saturated rings. The maximum absolute atomic E-state index is 12.7. The number of amides is 2. The minimum Gasteiger partial charge on any atom is -0.493 e. The normalized spacial score (nSPS) is 19.0. The van der Waals surface area contributed by atoms with Gasteiger partial charge in [0, 0.05) is 37.1 Å². The monoisotopic (exact) mass is 350 g/mol. The van der Waals surface area contributed by atoms with E-state index in [0.717, 1.165) is 36.3 Å². The van der Waals surface area contributed by atoms with Crippen LogP contribution in [0.4, 0.5) is 0 Å². The second kappa shape index (κ2) is 7.20. The van der Waals surface area contributed by atoms with Crippen molar-refractivity contribution in [2.75, 3.05) is 13.2 Å². The van der Waals surface area contributed by atoms with E-state index in [1.807, 2.05) is 53.4 Å². The van der Waals surface area contributed by atoms with Gasteiger partial charge in [0.05, 0.1) is 12.6 Å². The Balaban J connectivity index is 1.47. The van der Waals surface area contributed by atoms with Crippen LogP contribution >= 0.6 is 0 Å². The average Bonchev–Trinajstić information content (AvgIpc) is 3.07. The van der Waals surface area contributed by atoms with Crippen LogP contribution < -0.4 is 10.1 Å². The summed E-state index contributed by atoms with van der Waals surface area (Å²) < 4.78 is 5.66. The molecule has 134 valence electrons. The van der Waals surface area contributed by atoms with E-state index in [9.17, 15) is 9.59 Å². The SMILES string of the molecule is O=C(N[C@@H]1CCOc2ccccc21)c1cccc(CN2CCCC2=O)c1. The Morgan fingerprint density at radius 3 is 2.92 bits per heavy atom. The van der Waals surface area contributed by atoms with Crippen molar-refractivity contribution in [1.29, 1.82) is 0 Å². The Kier molecular flexibility index (Phi) is 4.61. The van der Waals surface area contributed by atoms with Gasteiger partial charge in [-0.05, 0) is 30.2 Å². The van der Waals surface area contributed by atoms with Crippen LogP contribution in [-0.2, 0) is 11.3 Å². The number of fused-ring (bicyclic) bond motifs is 1. The zero-order valence-corrected chi connectivity index (χ0v) is 14.6. The van der Waals surface area contributed by atoms with Crippen LogP contribution in [0, 0.1) is 0 Å². The van der Waals surface area contributed by atoms with Crippen LogP contribution in [0.3, 0.4) is 0 Å². The lowest BCUT2D eigenvalue weighted by atomic mass is 10.00. The number of hydrogen-bond donors (Lipinski definition) is 1. The third-order valence-corrected chi connectivity index (χ3v) is 5.00. The summed E-state index contributed by atoms with van der Waals surface area (Å²) in [5.41, 5.74) is 2.63. The smallest absolute Gasteiger partial charge is 0.251 e. The van der Waals surface area contributed by atoms with Gasteiger partial charge in [0.15, 0.2) is 0 Å². The maximum Gasteiger partial charge on any atom is 0.251 e. The summed E-state index contributed by atoms with van der Waals surface area (Å²) in [7, 11) is 0. The number of benzene rings is 2. The lowest BCUT2D eigenvalue weighted by Crippen LogP contribution is -2.32. The Morgan fingerprint density at radius 2 is 2.08 bits per heavy atom. The van der Waals surface area contributed by atoms with Gasteiger partial charge >= 0.3 is 0 Å². The quantitative estimate of drug-likeness (QED) is 0.922. The number of para-hydroxylation sites is 1. The molecule has 0 unspecified atom stereocenters. The third kappa shape index (κ3) is 3.43. The third-order valence-electron chi connectivity index (χ3n) is 5.00. The molecule has 5 heteroatoms. The predicted octanol–water partition coefficient (Wildman–Crippen LogP) is 3.06. The number of nitrogens with zero attached hydrogens (tertiary/aromatic N) is 1. The van der Waals surface area contributed by atoms with Crippen LogP contribution in [0.2, 0.25) is 0 Å². The first kappa shape index (κ1) is 16.6. The van der Waals surface area contributed by atoms with Gasteiger partial charge in [-0.1, -0.05) is 30.3 Å². The van der Waals surface area contributed by atoms with Crippen molar-refractivity contribution in [3.63, 3.8) is 0 Å². The van der Waals surface area contributed by atoms with Gasteiger partial charge in [-0.3, -0.25) is 9.59 Å². The van der Waals surface area contributed by atoms with Crippen LogP contribution in [-0.4, -0.2) is 29.9 Å². The summed E-state index contributed by atoms with van der Waals surface area (Å²) in [4.78, 5) is 26.4. The number of carbonyl (C=O) groups is 2. The van der Waals surface area contributed by atoms with Gasteiger partial charge in [0.1, 0.15) is 5.75 Å². The molecule has 0 bridgehead atoms. The molecule has 0 saturated carbocycles. The minimum atomic E-state index is -0.0960. The summed E-state index contributed by atoms with van der Waals surface area (Å²) in [5, 5.41) is 3.12. The highest BCUT2D eigenvalue weighted by molar-refractivity contribution is 5.94. The molecule has 1 N–H and O–H groups in total. The summed E-state index contributed by atoms with van der Waals surface area (Å²) in [6.07, 6.45) is 2.30. The number of ether oxygens (including phenoxy) is 1. The number of hydrogen-bond acceptors (Lipinski definition) is 3. The highest BCUT2D eigenvalue weighted by Gasteiger charge is 2.24. The highest BCUT2D eigenvalue weighted by atomic mass is 16.5. The van der Waals surface area contributed by atoms with Crippen molar-refractivity contribution < 1.29 is 14.3 Å². The first-order valence-corrected chi connectivity index (χ1v) is 9.10. The number of likely N-dealkylation sites (tertiary alicyclic amines) is 1. The van der Waals surface area contributed by atoms with Gasteiger partial charge in [-0.2, -0.15) is 0 Å². The Morgan fingerprint density at radius 1 is 1.19 bits per heavy atom. The molecule has 1 saturated heterocycles.